The summed E-state index contributed by atoms with van der Waals surface area (Å²) in [5.41, 5.74) is 3.64. The number of benzene rings is 1. The first-order valence-corrected chi connectivity index (χ1v) is 10.8. The normalized spacial score (nSPS) is 13.2. The molecule has 0 bridgehead atoms. The van der Waals surface area contributed by atoms with E-state index in [2.05, 4.69) is 28.8 Å². The van der Waals surface area contributed by atoms with Crippen molar-refractivity contribution < 1.29 is 14.3 Å². The minimum Gasteiger partial charge on any atom is -0.493 e. The largest absolute Gasteiger partial charge is 0.493 e. The first kappa shape index (κ1) is 26.6. The first-order chi connectivity index (χ1) is 13.6. The van der Waals surface area contributed by atoms with E-state index in [1.807, 2.05) is 17.0 Å². The van der Waals surface area contributed by atoms with Crippen LogP contribution in [0.2, 0.25) is 0 Å². The van der Waals surface area contributed by atoms with Crippen LogP contribution in [0.4, 0.5) is 0 Å². The number of hydrogen-bond donors (Lipinski definition) is 0. The summed E-state index contributed by atoms with van der Waals surface area (Å²) in [6.45, 7) is 3.63. The molecule has 1 aromatic carbocycles. The molecule has 2 heterocycles. The highest BCUT2D eigenvalue weighted by Gasteiger charge is 2.22. The second kappa shape index (κ2) is 13.1. The van der Waals surface area contributed by atoms with E-state index in [4.69, 9.17) is 9.47 Å². The van der Waals surface area contributed by atoms with Gasteiger partial charge in [-0.3, -0.25) is 4.79 Å². The molecule has 1 aromatic heterocycles. The Bertz CT molecular complexity index is 787. The standard InChI is InChI=1S/C22H30N2O3S.2ClH/c1-23(10-5-17-7-12-28-16-17)8-4-9-24-11-6-18-13-20(26-2)21(27-3)14-19(18)15-22(24)25;;/h7,12-14,16H,4-6,8-11,15H2,1-3H3;2*1H. The van der Waals surface area contributed by atoms with E-state index in [9.17, 15) is 4.79 Å². The van der Waals surface area contributed by atoms with Gasteiger partial charge in [-0.05, 0) is 78.5 Å². The van der Waals surface area contributed by atoms with Crippen molar-refractivity contribution in [2.24, 2.45) is 0 Å². The molecular weight excluding hydrogens is 443 g/mol. The van der Waals surface area contributed by atoms with E-state index >= 15 is 0 Å². The molecule has 0 aliphatic carbocycles. The number of hydrogen-bond acceptors (Lipinski definition) is 5. The third kappa shape index (κ3) is 7.05. The molecule has 1 aliphatic heterocycles. The van der Waals surface area contributed by atoms with Crippen LogP contribution in [-0.4, -0.2) is 63.2 Å². The van der Waals surface area contributed by atoms with Crippen LogP contribution in [-0.2, 0) is 24.1 Å². The summed E-state index contributed by atoms with van der Waals surface area (Å²) in [5.74, 6) is 1.62. The van der Waals surface area contributed by atoms with Gasteiger partial charge in [0.15, 0.2) is 11.5 Å². The fourth-order valence-electron chi connectivity index (χ4n) is 3.65. The number of amides is 1. The third-order valence-electron chi connectivity index (χ3n) is 5.38. The number of halogens is 2. The Balaban J connectivity index is 0.00000225. The molecule has 0 unspecified atom stereocenters. The lowest BCUT2D eigenvalue weighted by molar-refractivity contribution is -0.130. The molecule has 0 radical (unpaired) electrons. The Labute approximate surface area is 196 Å². The topological polar surface area (TPSA) is 42.0 Å². The monoisotopic (exact) mass is 474 g/mol. The zero-order chi connectivity index (χ0) is 19.9. The predicted molar refractivity (Wildman–Crippen MR) is 128 cm³/mol. The summed E-state index contributed by atoms with van der Waals surface area (Å²) in [4.78, 5) is 17.1. The van der Waals surface area contributed by atoms with Crippen molar-refractivity contribution >= 4 is 42.1 Å². The minimum atomic E-state index is 0. The van der Waals surface area contributed by atoms with Gasteiger partial charge in [0.2, 0.25) is 5.91 Å². The lowest BCUT2D eigenvalue weighted by Crippen LogP contribution is -2.35. The van der Waals surface area contributed by atoms with E-state index in [1.54, 1.807) is 25.6 Å². The maximum atomic E-state index is 12.7. The highest BCUT2D eigenvalue weighted by atomic mass is 35.5. The number of carbonyl (C=O) groups excluding carboxylic acids is 1. The Hall–Kier alpha value is -1.47. The molecule has 2 aromatic rings. The van der Waals surface area contributed by atoms with Gasteiger partial charge in [0.25, 0.3) is 0 Å². The number of carbonyl (C=O) groups is 1. The zero-order valence-corrected chi connectivity index (χ0v) is 20.3. The molecule has 30 heavy (non-hydrogen) atoms. The van der Waals surface area contributed by atoms with Gasteiger partial charge in [0.05, 0.1) is 20.6 Å². The molecule has 168 valence electrons. The zero-order valence-electron chi connectivity index (χ0n) is 17.9. The third-order valence-corrected chi connectivity index (χ3v) is 6.11. The van der Waals surface area contributed by atoms with Gasteiger partial charge >= 0.3 is 0 Å². The molecule has 0 fully saturated rings. The smallest absolute Gasteiger partial charge is 0.227 e. The van der Waals surface area contributed by atoms with Crippen molar-refractivity contribution in [1.82, 2.24) is 9.80 Å². The van der Waals surface area contributed by atoms with Crippen molar-refractivity contribution in [2.45, 2.75) is 25.7 Å². The van der Waals surface area contributed by atoms with Crippen LogP contribution < -0.4 is 9.47 Å². The van der Waals surface area contributed by atoms with Gasteiger partial charge in [-0.2, -0.15) is 11.3 Å². The van der Waals surface area contributed by atoms with E-state index in [-0.39, 0.29) is 30.7 Å². The van der Waals surface area contributed by atoms with Crippen LogP contribution in [0.5, 0.6) is 11.5 Å². The second-order valence-corrected chi connectivity index (χ2v) is 8.10. The summed E-state index contributed by atoms with van der Waals surface area (Å²) >= 11 is 1.75. The van der Waals surface area contributed by atoms with Crippen LogP contribution in [0.25, 0.3) is 0 Å². The number of likely N-dealkylation sites (N-methyl/N-ethyl adjacent to an activating group) is 1. The average molecular weight is 475 g/mol. The summed E-state index contributed by atoms with van der Waals surface area (Å²) in [5, 5.41) is 4.34. The molecule has 0 saturated heterocycles. The number of rotatable bonds is 9. The van der Waals surface area contributed by atoms with Crippen LogP contribution in [0.1, 0.15) is 23.1 Å². The summed E-state index contributed by atoms with van der Waals surface area (Å²) in [6, 6.07) is 6.16. The second-order valence-electron chi connectivity index (χ2n) is 7.32. The highest BCUT2D eigenvalue weighted by Crippen LogP contribution is 2.32. The Morgan fingerprint density at radius 3 is 2.43 bits per heavy atom. The average Bonchev–Trinajstić information content (AvgIpc) is 3.17. The molecule has 0 saturated carbocycles. The van der Waals surface area contributed by atoms with Gasteiger partial charge in [0.1, 0.15) is 0 Å². The lowest BCUT2D eigenvalue weighted by Gasteiger charge is -2.22. The van der Waals surface area contributed by atoms with E-state index in [1.165, 1.54) is 11.1 Å². The summed E-state index contributed by atoms with van der Waals surface area (Å²) < 4.78 is 10.8. The molecule has 1 amide bonds. The maximum absolute atomic E-state index is 12.7. The Morgan fingerprint density at radius 2 is 1.80 bits per heavy atom. The predicted octanol–water partition coefficient (Wildman–Crippen LogP) is 4.10. The van der Waals surface area contributed by atoms with Gasteiger partial charge in [-0.25, -0.2) is 0 Å². The molecule has 3 rings (SSSR count). The van der Waals surface area contributed by atoms with E-state index < -0.39 is 0 Å². The van der Waals surface area contributed by atoms with Crippen molar-refractivity contribution in [3.63, 3.8) is 0 Å². The van der Waals surface area contributed by atoms with E-state index in [0.717, 1.165) is 56.8 Å². The number of nitrogens with zero attached hydrogens (tertiary/aromatic N) is 2. The van der Waals surface area contributed by atoms with Gasteiger partial charge in [-0.1, -0.05) is 0 Å². The number of thiophene rings is 1. The molecule has 0 atom stereocenters. The van der Waals surface area contributed by atoms with Crippen LogP contribution in [0.3, 0.4) is 0 Å². The number of methoxy groups -OCH3 is 2. The molecule has 1 aliphatic rings. The molecule has 8 heteroatoms. The Kier molecular flexibility index (Phi) is 11.6. The summed E-state index contributed by atoms with van der Waals surface area (Å²) in [7, 11) is 5.43. The first-order valence-electron chi connectivity index (χ1n) is 9.82. The fraction of sp³-hybridized carbons (Fsp3) is 0.500. The molecule has 5 nitrogen and oxygen atoms in total. The van der Waals surface area contributed by atoms with Gasteiger partial charge in [-0.15, -0.1) is 24.8 Å². The van der Waals surface area contributed by atoms with E-state index in [0.29, 0.717) is 12.2 Å². The van der Waals surface area contributed by atoms with Crippen molar-refractivity contribution in [2.75, 3.05) is 47.4 Å². The van der Waals surface area contributed by atoms with Gasteiger partial charge in [0, 0.05) is 19.6 Å². The van der Waals surface area contributed by atoms with Crippen molar-refractivity contribution in [3.8, 4) is 11.5 Å². The van der Waals surface area contributed by atoms with Crippen LogP contribution in [0.15, 0.2) is 29.0 Å². The molecule has 0 spiro atoms. The molecule has 0 N–H and O–H groups in total. The number of ether oxygens (including phenoxy) is 2. The van der Waals surface area contributed by atoms with Gasteiger partial charge < -0.3 is 19.3 Å². The molecular formula is C22H32Cl2N2O3S. The highest BCUT2D eigenvalue weighted by molar-refractivity contribution is 7.07. The lowest BCUT2D eigenvalue weighted by atomic mass is 10.0. The fourth-order valence-corrected chi connectivity index (χ4v) is 4.35. The van der Waals surface area contributed by atoms with Crippen molar-refractivity contribution in [1.29, 1.82) is 0 Å². The summed E-state index contributed by atoms with van der Waals surface area (Å²) in [6.07, 6.45) is 3.37. The SMILES string of the molecule is COc1cc2c(cc1OC)CC(=O)N(CCCN(C)CCc1ccsc1)CC2.Cl.Cl. The Morgan fingerprint density at radius 1 is 1.10 bits per heavy atom. The minimum absolute atomic E-state index is 0. The van der Waals surface area contributed by atoms with Crippen LogP contribution in [0, 0.1) is 0 Å². The number of fused-ring (bicyclic) bond motifs is 1. The van der Waals surface area contributed by atoms with Crippen LogP contribution >= 0.6 is 36.2 Å². The maximum Gasteiger partial charge on any atom is 0.227 e. The van der Waals surface area contributed by atoms with Crippen molar-refractivity contribution in [3.05, 3.63) is 45.6 Å². The quantitative estimate of drug-likeness (QED) is 0.548.